The van der Waals surface area contributed by atoms with Crippen molar-refractivity contribution >= 4 is 0 Å². The van der Waals surface area contributed by atoms with Crippen LogP contribution in [0.15, 0.2) is 24.3 Å². The van der Waals surface area contributed by atoms with Crippen molar-refractivity contribution in [3.05, 3.63) is 57.6 Å². The van der Waals surface area contributed by atoms with Crippen LogP contribution in [0, 0.1) is 39.5 Å². The first-order chi connectivity index (χ1) is 16.9. The van der Waals surface area contributed by atoms with Crippen molar-refractivity contribution in [1.82, 2.24) is 9.80 Å². The largest absolute Gasteiger partial charge is 0.488 e. The number of piperidine rings is 6. The number of rotatable bonds is 6. The lowest BCUT2D eigenvalue weighted by atomic mass is 9.85. The molecular formula is C31H42N2O2. The zero-order chi connectivity index (χ0) is 24.1. The number of benzene rings is 2. The quantitative estimate of drug-likeness (QED) is 0.555. The number of fused-ring (bicyclic) bond motifs is 6. The molecule has 0 amide bonds. The molecule has 6 heterocycles. The Morgan fingerprint density at radius 1 is 0.600 bits per heavy atom. The molecule has 4 heteroatoms. The van der Waals surface area contributed by atoms with E-state index in [0.717, 1.165) is 42.8 Å². The molecule has 6 fully saturated rings. The maximum absolute atomic E-state index is 6.64. The van der Waals surface area contributed by atoms with Crippen LogP contribution in [0.4, 0.5) is 0 Å². The third-order valence-electron chi connectivity index (χ3n) is 9.18. The Kier molecular flexibility index (Phi) is 6.30. The summed E-state index contributed by atoms with van der Waals surface area (Å²) in [5, 5.41) is 0. The molecule has 6 aliphatic rings. The maximum Gasteiger partial charge on any atom is 0.125 e. The number of ether oxygens (including phenoxy) is 2. The lowest BCUT2D eigenvalue weighted by Crippen LogP contribution is -2.52. The van der Waals surface area contributed by atoms with Crippen LogP contribution >= 0.6 is 0 Å². The van der Waals surface area contributed by atoms with Gasteiger partial charge in [-0.15, -0.1) is 0 Å². The van der Waals surface area contributed by atoms with Crippen LogP contribution in [0.2, 0.25) is 0 Å². The summed E-state index contributed by atoms with van der Waals surface area (Å²) in [5.74, 6) is 3.68. The summed E-state index contributed by atoms with van der Waals surface area (Å²) in [6.45, 7) is 16.1. The minimum absolute atomic E-state index is 0.356. The normalized spacial score (nSPS) is 31.5. The molecule has 8 rings (SSSR count). The summed E-state index contributed by atoms with van der Waals surface area (Å²) < 4.78 is 13.3. The van der Waals surface area contributed by atoms with E-state index in [1.54, 1.807) is 0 Å². The molecule has 0 radical (unpaired) electrons. The second-order valence-corrected chi connectivity index (χ2v) is 11.9. The van der Waals surface area contributed by atoms with Crippen molar-refractivity contribution in [3.8, 4) is 11.5 Å². The van der Waals surface area contributed by atoms with Crippen molar-refractivity contribution in [1.29, 1.82) is 0 Å². The lowest BCUT2D eigenvalue weighted by molar-refractivity contribution is -0.00841. The molecule has 4 nitrogen and oxygen atoms in total. The Bertz CT molecular complexity index is 948. The minimum Gasteiger partial charge on any atom is -0.488 e. The highest BCUT2D eigenvalue weighted by atomic mass is 16.5. The highest BCUT2D eigenvalue weighted by Crippen LogP contribution is 2.36. The van der Waals surface area contributed by atoms with Crippen LogP contribution in [-0.2, 0) is 6.42 Å². The van der Waals surface area contributed by atoms with Gasteiger partial charge >= 0.3 is 0 Å². The molecule has 2 aromatic rings. The second kappa shape index (κ2) is 9.44. The first kappa shape index (κ1) is 23.4. The minimum atomic E-state index is 0.356. The number of hydrogen-bond donors (Lipinski definition) is 0. The Hall–Kier alpha value is -2.04. The molecule has 0 aromatic heterocycles. The second-order valence-electron chi connectivity index (χ2n) is 11.9. The fourth-order valence-corrected chi connectivity index (χ4v) is 7.28. The molecule has 4 bridgehead atoms. The molecular weight excluding hydrogens is 432 g/mol. The van der Waals surface area contributed by atoms with Crippen molar-refractivity contribution in [2.45, 2.75) is 72.0 Å². The van der Waals surface area contributed by atoms with Gasteiger partial charge in [-0.05, 0) is 131 Å². The molecule has 0 aliphatic carbocycles. The first-order valence-electron chi connectivity index (χ1n) is 13.9. The summed E-state index contributed by atoms with van der Waals surface area (Å²) in [7, 11) is 0. The number of hydrogen-bond acceptors (Lipinski definition) is 4. The zero-order valence-corrected chi connectivity index (χ0v) is 22.1. The topological polar surface area (TPSA) is 24.9 Å². The van der Waals surface area contributed by atoms with Crippen LogP contribution < -0.4 is 9.47 Å². The van der Waals surface area contributed by atoms with Crippen LogP contribution in [0.25, 0.3) is 0 Å². The number of aryl methyl sites for hydroxylation is 4. The van der Waals surface area contributed by atoms with Crippen molar-refractivity contribution in [3.63, 3.8) is 0 Å². The fraction of sp³-hybridized carbons (Fsp3) is 0.613. The highest BCUT2D eigenvalue weighted by Gasteiger charge is 2.37. The van der Waals surface area contributed by atoms with Gasteiger partial charge in [-0.3, -0.25) is 9.80 Å². The monoisotopic (exact) mass is 474 g/mol. The van der Waals surface area contributed by atoms with Gasteiger partial charge in [0, 0.05) is 13.1 Å². The zero-order valence-electron chi connectivity index (χ0n) is 22.1. The molecule has 188 valence electrons. The van der Waals surface area contributed by atoms with E-state index in [1.807, 2.05) is 0 Å². The highest BCUT2D eigenvalue weighted by molar-refractivity contribution is 5.48. The third-order valence-corrected chi connectivity index (χ3v) is 9.18. The van der Waals surface area contributed by atoms with Gasteiger partial charge in [-0.25, -0.2) is 0 Å². The van der Waals surface area contributed by atoms with Gasteiger partial charge < -0.3 is 9.47 Å². The van der Waals surface area contributed by atoms with Crippen LogP contribution in [0.5, 0.6) is 11.5 Å². The predicted molar refractivity (Wildman–Crippen MR) is 142 cm³/mol. The van der Waals surface area contributed by atoms with E-state index in [0.29, 0.717) is 12.2 Å². The van der Waals surface area contributed by atoms with E-state index in [2.05, 4.69) is 61.8 Å². The van der Waals surface area contributed by atoms with Crippen molar-refractivity contribution < 1.29 is 9.47 Å². The standard InChI is InChI=1S/C31H42N2O2/c1-20-13-24(14-21(2)30(20)34-28-18-32-9-5-26(28)6-10-32)17-25-15-22(3)31(23(4)16-25)35-29-19-33-11-7-27(29)8-12-33/h13-16,26-29H,5-12,17-19H2,1-4H3. The smallest absolute Gasteiger partial charge is 0.125 e. The van der Waals surface area contributed by atoms with E-state index in [1.165, 1.54) is 85.2 Å². The Balaban J connectivity index is 1.15. The van der Waals surface area contributed by atoms with E-state index in [4.69, 9.17) is 9.47 Å². The van der Waals surface area contributed by atoms with Crippen molar-refractivity contribution in [2.75, 3.05) is 39.3 Å². The molecule has 2 aromatic carbocycles. The molecule has 0 saturated carbocycles. The van der Waals surface area contributed by atoms with Gasteiger partial charge in [0.2, 0.25) is 0 Å². The SMILES string of the molecule is Cc1cc(Cc2cc(C)c(OC3CN4CCC3CC4)c(C)c2)cc(C)c1OC1CN2CCC1CC2. The van der Waals surface area contributed by atoms with Gasteiger partial charge in [0.15, 0.2) is 0 Å². The Morgan fingerprint density at radius 2 is 0.943 bits per heavy atom. The van der Waals surface area contributed by atoms with E-state index in [-0.39, 0.29) is 0 Å². The molecule has 2 atom stereocenters. The molecule has 35 heavy (non-hydrogen) atoms. The summed E-state index contributed by atoms with van der Waals surface area (Å²) in [4.78, 5) is 5.14. The maximum atomic E-state index is 6.64. The predicted octanol–water partition coefficient (Wildman–Crippen LogP) is 5.46. The van der Waals surface area contributed by atoms with Gasteiger partial charge in [0.05, 0.1) is 0 Å². The van der Waals surface area contributed by atoms with Gasteiger partial charge in [-0.2, -0.15) is 0 Å². The van der Waals surface area contributed by atoms with E-state index < -0.39 is 0 Å². The van der Waals surface area contributed by atoms with Gasteiger partial charge in [0.25, 0.3) is 0 Å². The molecule has 2 unspecified atom stereocenters. The van der Waals surface area contributed by atoms with Gasteiger partial charge in [-0.1, -0.05) is 24.3 Å². The van der Waals surface area contributed by atoms with E-state index >= 15 is 0 Å². The molecule has 6 aliphatic heterocycles. The Morgan fingerprint density at radius 3 is 1.23 bits per heavy atom. The summed E-state index contributed by atoms with van der Waals surface area (Å²) in [5.41, 5.74) is 7.82. The summed E-state index contributed by atoms with van der Waals surface area (Å²) in [6, 6.07) is 9.36. The van der Waals surface area contributed by atoms with Crippen LogP contribution in [0.3, 0.4) is 0 Å². The number of nitrogens with zero attached hydrogens (tertiary/aromatic N) is 2. The molecule has 0 spiro atoms. The Labute approximate surface area is 211 Å². The summed E-state index contributed by atoms with van der Waals surface area (Å²) in [6.07, 6.45) is 6.82. The van der Waals surface area contributed by atoms with Crippen LogP contribution in [-0.4, -0.2) is 61.3 Å². The summed E-state index contributed by atoms with van der Waals surface area (Å²) >= 11 is 0. The lowest BCUT2D eigenvalue weighted by Gasteiger charge is -2.44. The van der Waals surface area contributed by atoms with E-state index in [9.17, 15) is 0 Å². The van der Waals surface area contributed by atoms with Gasteiger partial charge in [0.1, 0.15) is 23.7 Å². The third kappa shape index (κ3) is 4.72. The molecule has 6 saturated heterocycles. The average molecular weight is 475 g/mol. The van der Waals surface area contributed by atoms with Crippen molar-refractivity contribution in [2.24, 2.45) is 11.8 Å². The first-order valence-corrected chi connectivity index (χ1v) is 13.9. The molecule has 0 N–H and O–H groups in total. The fourth-order valence-electron chi connectivity index (χ4n) is 7.28. The average Bonchev–Trinajstić information content (AvgIpc) is 2.85. The van der Waals surface area contributed by atoms with Crippen LogP contribution in [0.1, 0.15) is 59.1 Å².